The summed E-state index contributed by atoms with van der Waals surface area (Å²) in [6.07, 6.45) is 1.07. The molecule has 0 bridgehead atoms. The average molecular weight is 240 g/mol. The molecule has 0 amide bonds. The van der Waals surface area contributed by atoms with Gasteiger partial charge in [-0.3, -0.25) is 0 Å². The van der Waals surface area contributed by atoms with E-state index in [4.69, 9.17) is 22.1 Å². The zero-order valence-corrected chi connectivity index (χ0v) is 10.3. The van der Waals surface area contributed by atoms with E-state index in [1.807, 2.05) is 18.2 Å². The van der Waals surface area contributed by atoms with Crippen molar-refractivity contribution in [1.82, 2.24) is 0 Å². The number of hydrogen-bond acceptors (Lipinski definition) is 2. The van der Waals surface area contributed by atoms with Gasteiger partial charge in [0.2, 0.25) is 0 Å². The Morgan fingerprint density at radius 3 is 2.75 bits per heavy atom. The highest BCUT2D eigenvalue weighted by Gasteiger charge is 2.35. The van der Waals surface area contributed by atoms with Gasteiger partial charge in [0.1, 0.15) is 0 Å². The minimum Gasteiger partial charge on any atom is -0.380 e. The number of nitrogens with two attached hydrogens (primary N) is 1. The predicted molar refractivity (Wildman–Crippen MR) is 66.8 cm³/mol. The van der Waals surface area contributed by atoms with Crippen LogP contribution in [0.15, 0.2) is 24.3 Å². The number of ether oxygens (including phenoxy) is 1. The van der Waals surface area contributed by atoms with Crippen LogP contribution in [-0.2, 0) is 4.74 Å². The van der Waals surface area contributed by atoms with Crippen LogP contribution in [0.2, 0.25) is 5.02 Å². The lowest BCUT2D eigenvalue weighted by molar-refractivity contribution is -0.108. The van der Waals surface area contributed by atoms with Crippen LogP contribution in [0.4, 0.5) is 0 Å². The second kappa shape index (κ2) is 4.74. The fourth-order valence-corrected chi connectivity index (χ4v) is 2.46. The van der Waals surface area contributed by atoms with Crippen LogP contribution in [0.5, 0.6) is 0 Å². The molecule has 2 rings (SSSR count). The fraction of sp³-hybridized carbons (Fsp3) is 0.538. The molecule has 1 aliphatic heterocycles. The largest absolute Gasteiger partial charge is 0.380 e. The molecule has 0 aromatic heterocycles. The average Bonchev–Trinajstić information content (AvgIpc) is 2.23. The number of rotatable bonds is 4. The predicted octanol–water partition coefficient (Wildman–Crippen LogP) is 2.81. The third-order valence-corrected chi connectivity index (χ3v) is 3.48. The summed E-state index contributed by atoms with van der Waals surface area (Å²) in [4.78, 5) is 0. The second-order valence-electron chi connectivity index (χ2n) is 5.00. The van der Waals surface area contributed by atoms with E-state index in [0.29, 0.717) is 17.9 Å². The van der Waals surface area contributed by atoms with Crippen LogP contribution in [0.1, 0.15) is 24.8 Å². The van der Waals surface area contributed by atoms with Crippen molar-refractivity contribution in [2.24, 2.45) is 11.1 Å². The van der Waals surface area contributed by atoms with Crippen LogP contribution < -0.4 is 5.73 Å². The van der Waals surface area contributed by atoms with Gasteiger partial charge in [-0.15, -0.1) is 0 Å². The molecule has 88 valence electrons. The highest BCUT2D eigenvalue weighted by molar-refractivity contribution is 6.30. The Labute approximate surface area is 102 Å². The summed E-state index contributed by atoms with van der Waals surface area (Å²) in [5.41, 5.74) is 7.39. The van der Waals surface area contributed by atoms with Gasteiger partial charge >= 0.3 is 0 Å². The van der Waals surface area contributed by atoms with E-state index >= 15 is 0 Å². The van der Waals surface area contributed by atoms with E-state index < -0.39 is 0 Å². The zero-order valence-electron chi connectivity index (χ0n) is 9.58. The van der Waals surface area contributed by atoms with E-state index in [1.54, 1.807) is 0 Å². The summed E-state index contributed by atoms with van der Waals surface area (Å²) in [7, 11) is 0. The van der Waals surface area contributed by atoms with Gasteiger partial charge in [0.25, 0.3) is 0 Å². The second-order valence-corrected chi connectivity index (χ2v) is 5.43. The molecule has 2 nitrogen and oxygen atoms in total. The monoisotopic (exact) mass is 239 g/mol. The molecule has 1 atom stereocenters. The van der Waals surface area contributed by atoms with Gasteiger partial charge < -0.3 is 10.5 Å². The van der Waals surface area contributed by atoms with Crippen LogP contribution in [0, 0.1) is 5.41 Å². The van der Waals surface area contributed by atoms with E-state index in [2.05, 4.69) is 13.0 Å². The van der Waals surface area contributed by atoms with Gasteiger partial charge in [0.15, 0.2) is 0 Å². The zero-order chi connectivity index (χ0) is 11.6. The molecule has 1 aromatic carbocycles. The maximum Gasteiger partial charge on any atom is 0.0542 e. The van der Waals surface area contributed by atoms with Gasteiger partial charge in [0, 0.05) is 10.4 Å². The Balaban J connectivity index is 2.10. The Hall–Kier alpha value is -0.570. The molecule has 1 aliphatic rings. The van der Waals surface area contributed by atoms with Crippen molar-refractivity contribution in [3.8, 4) is 0 Å². The molecular formula is C13H18ClNO. The van der Waals surface area contributed by atoms with Gasteiger partial charge in [0.05, 0.1) is 13.2 Å². The molecule has 1 saturated heterocycles. The first kappa shape index (κ1) is 11.9. The molecule has 1 fully saturated rings. The molecule has 1 unspecified atom stereocenters. The summed E-state index contributed by atoms with van der Waals surface area (Å²) in [5, 5.41) is 0.783. The minimum atomic E-state index is 0.298. The standard InChI is InChI=1S/C13H18ClNO/c1-13(8-16-9-13)6-11(7-15)10-3-2-4-12(14)5-10/h2-5,11H,6-9,15H2,1H3. The Morgan fingerprint density at radius 1 is 1.50 bits per heavy atom. The van der Waals surface area contributed by atoms with Crippen LogP contribution >= 0.6 is 11.6 Å². The quantitative estimate of drug-likeness (QED) is 0.877. The van der Waals surface area contributed by atoms with Gasteiger partial charge in [-0.2, -0.15) is 0 Å². The highest BCUT2D eigenvalue weighted by atomic mass is 35.5. The van der Waals surface area contributed by atoms with Crippen LogP contribution in [0.3, 0.4) is 0 Å². The summed E-state index contributed by atoms with van der Waals surface area (Å²) >= 11 is 6.00. The van der Waals surface area contributed by atoms with E-state index in [1.165, 1.54) is 5.56 Å². The van der Waals surface area contributed by atoms with Crippen molar-refractivity contribution >= 4 is 11.6 Å². The molecule has 1 heterocycles. The van der Waals surface area contributed by atoms with Crippen LogP contribution in [-0.4, -0.2) is 19.8 Å². The summed E-state index contributed by atoms with van der Waals surface area (Å²) in [6.45, 7) is 4.62. The number of hydrogen-bond donors (Lipinski definition) is 1. The SMILES string of the molecule is CC1(CC(CN)c2cccc(Cl)c2)COC1. The lowest BCUT2D eigenvalue weighted by atomic mass is 9.77. The first-order valence-corrected chi connectivity index (χ1v) is 6.04. The molecule has 16 heavy (non-hydrogen) atoms. The highest BCUT2D eigenvalue weighted by Crippen LogP contribution is 2.37. The first-order valence-electron chi connectivity index (χ1n) is 5.66. The van der Waals surface area contributed by atoms with Gasteiger partial charge in [-0.1, -0.05) is 30.7 Å². The van der Waals surface area contributed by atoms with Crippen molar-refractivity contribution < 1.29 is 4.74 Å². The third-order valence-electron chi connectivity index (χ3n) is 3.24. The fourth-order valence-electron chi connectivity index (χ4n) is 2.26. The maximum absolute atomic E-state index is 6.00. The molecular weight excluding hydrogens is 222 g/mol. The van der Waals surface area contributed by atoms with Crippen LogP contribution in [0.25, 0.3) is 0 Å². The molecule has 2 N–H and O–H groups in total. The number of halogens is 1. The Morgan fingerprint density at radius 2 is 2.25 bits per heavy atom. The Kier molecular flexibility index (Phi) is 3.53. The molecule has 0 radical (unpaired) electrons. The molecule has 0 spiro atoms. The summed E-state index contributed by atoms with van der Waals surface area (Å²) in [6, 6.07) is 8.00. The maximum atomic E-state index is 6.00. The molecule has 0 aliphatic carbocycles. The van der Waals surface area contributed by atoms with E-state index in [9.17, 15) is 0 Å². The molecule has 3 heteroatoms. The van der Waals surface area contributed by atoms with Crippen molar-refractivity contribution in [3.63, 3.8) is 0 Å². The van der Waals surface area contributed by atoms with Crippen molar-refractivity contribution in [3.05, 3.63) is 34.9 Å². The lowest BCUT2D eigenvalue weighted by Gasteiger charge is -2.40. The number of benzene rings is 1. The molecule has 0 saturated carbocycles. The smallest absolute Gasteiger partial charge is 0.0542 e. The van der Waals surface area contributed by atoms with E-state index in [-0.39, 0.29) is 0 Å². The third kappa shape index (κ3) is 2.57. The molecule has 1 aromatic rings. The topological polar surface area (TPSA) is 35.2 Å². The lowest BCUT2D eigenvalue weighted by Crippen LogP contribution is -2.41. The van der Waals surface area contributed by atoms with Crippen molar-refractivity contribution in [1.29, 1.82) is 0 Å². The first-order chi connectivity index (χ1) is 7.63. The minimum absolute atomic E-state index is 0.298. The van der Waals surface area contributed by atoms with Crippen molar-refractivity contribution in [2.75, 3.05) is 19.8 Å². The summed E-state index contributed by atoms with van der Waals surface area (Å²) in [5.74, 6) is 0.382. The normalized spacial score (nSPS) is 20.2. The summed E-state index contributed by atoms with van der Waals surface area (Å²) < 4.78 is 5.28. The van der Waals surface area contributed by atoms with E-state index in [0.717, 1.165) is 24.7 Å². The van der Waals surface area contributed by atoms with Gasteiger partial charge in [-0.25, -0.2) is 0 Å². The Bertz CT molecular complexity index is 363. The van der Waals surface area contributed by atoms with Crippen molar-refractivity contribution in [2.45, 2.75) is 19.3 Å². The van der Waals surface area contributed by atoms with Gasteiger partial charge in [-0.05, 0) is 36.6 Å².